The van der Waals surface area contributed by atoms with Crippen molar-refractivity contribution in [3.05, 3.63) is 0 Å². The summed E-state index contributed by atoms with van der Waals surface area (Å²) in [5.41, 5.74) is 5.16. The molecule has 1 aliphatic rings. The molecule has 0 aliphatic carbocycles. The van der Waals surface area contributed by atoms with Crippen molar-refractivity contribution in [3.63, 3.8) is 0 Å². The number of hydrogen-bond acceptors (Lipinski definition) is 3. The molecule has 1 rings (SSSR count). The van der Waals surface area contributed by atoms with E-state index < -0.39 is 5.60 Å². The molecule has 1 aliphatic heterocycles. The Hall–Kier alpha value is -0.120. The topological polar surface area (TPSA) is 55.5 Å². The van der Waals surface area contributed by atoms with Gasteiger partial charge in [0.05, 0.1) is 5.60 Å². The standard InChI is InChI=1S/C9H19NO2/c1-9(2,11)8(10)7-3-5-12-6-4-7/h7-8,11H,3-6,10H2,1-2H3. The summed E-state index contributed by atoms with van der Waals surface area (Å²) in [5, 5.41) is 9.67. The van der Waals surface area contributed by atoms with E-state index in [9.17, 15) is 5.11 Å². The number of nitrogens with two attached hydrogens (primary N) is 1. The van der Waals surface area contributed by atoms with E-state index in [4.69, 9.17) is 10.5 Å². The summed E-state index contributed by atoms with van der Waals surface area (Å²) < 4.78 is 5.23. The van der Waals surface area contributed by atoms with Crippen LogP contribution in [0.1, 0.15) is 26.7 Å². The Bertz CT molecular complexity index is 136. The van der Waals surface area contributed by atoms with Crippen LogP contribution in [0.4, 0.5) is 0 Å². The summed E-state index contributed by atoms with van der Waals surface area (Å²) in [6.07, 6.45) is 1.95. The van der Waals surface area contributed by atoms with Crippen LogP contribution in [-0.4, -0.2) is 30.0 Å². The second-order valence-electron chi connectivity index (χ2n) is 4.13. The Morgan fingerprint density at radius 3 is 2.33 bits per heavy atom. The molecule has 12 heavy (non-hydrogen) atoms. The average molecular weight is 173 g/mol. The van der Waals surface area contributed by atoms with Crippen LogP contribution in [0.3, 0.4) is 0 Å². The third-order valence-corrected chi connectivity index (χ3v) is 2.59. The highest BCUT2D eigenvalue weighted by atomic mass is 16.5. The van der Waals surface area contributed by atoms with E-state index >= 15 is 0 Å². The molecule has 3 nitrogen and oxygen atoms in total. The van der Waals surface area contributed by atoms with Gasteiger partial charge in [0.25, 0.3) is 0 Å². The molecular formula is C9H19NO2. The van der Waals surface area contributed by atoms with E-state index in [0.29, 0.717) is 5.92 Å². The number of aliphatic hydroxyl groups is 1. The second-order valence-corrected chi connectivity index (χ2v) is 4.13. The van der Waals surface area contributed by atoms with Gasteiger partial charge in [-0.3, -0.25) is 0 Å². The maximum atomic E-state index is 9.67. The molecule has 0 amide bonds. The number of ether oxygens (including phenoxy) is 1. The molecule has 0 saturated carbocycles. The Labute approximate surface area is 73.9 Å². The molecule has 1 saturated heterocycles. The predicted molar refractivity (Wildman–Crippen MR) is 47.8 cm³/mol. The molecule has 0 bridgehead atoms. The molecule has 3 N–H and O–H groups in total. The zero-order valence-electron chi connectivity index (χ0n) is 7.92. The van der Waals surface area contributed by atoms with Crippen molar-refractivity contribution in [2.24, 2.45) is 11.7 Å². The molecule has 0 aromatic rings. The van der Waals surface area contributed by atoms with Crippen LogP contribution in [0.5, 0.6) is 0 Å². The van der Waals surface area contributed by atoms with Gasteiger partial charge in [-0.25, -0.2) is 0 Å². The van der Waals surface area contributed by atoms with Crippen molar-refractivity contribution in [1.82, 2.24) is 0 Å². The highest BCUT2D eigenvalue weighted by Gasteiger charge is 2.31. The van der Waals surface area contributed by atoms with E-state index in [0.717, 1.165) is 26.1 Å². The van der Waals surface area contributed by atoms with Gasteiger partial charge in [0, 0.05) is 19.3 Å². The molecule has 1 fully saturated rings. The third kappa shape index (κ3) is 2.44. The van der Waals surface area contributed by atoms with Crippen LogP contribution < -0.4 is 5.73 Å². The Kier molecular flexibility index (Phi) is 3.09. The zero-order valence-corrected chi connectivity index (χ0v) is 7.92. The summed E-state index contributed by atoms with van der Waals surface area (Å²) in [5.74, 6) is 0.416. The quantitative estimate of drug-likeness (QED) is 0.639. The molecule has 0 aromatic carbocycles. The summed E-state index contributed by atoms with van der Waals surface area (Å²) in [4.78, 5) is 0. The summed E-state index contributed by atoms with van der Waals surface area (Å²) in [6, 6.07) is -0.124. The van der Waals surface area contributed by atoms with Crippen molar-refractivity contribution >= 4 is 0 Å². The summed E-state index contributed by atoms with van der Waals surface area (Å²) >= 11 is 0. The third-order valence-electron chi connectivity index (χ3n) is 2.59. The minimum absolute atomic E-state index is 0.124. The normalized spacial score (nSPS) is 24.0. The second kappa shape index (κ2) is 3.73. The Morgan fingerprint density at radius 2 is 1.92 bits per heavy atom. The molecular weight excluding hydrogens is 154 g/mol. The lowest BCUT2D eigenvalue weighted by Gasteiger charge is -2.35. The van der Waals surface area contributed by atoms with Crippen molar-refractivity contribution < 1.29 is 9.84 Å². The van der Waals surface area contributed by atoms with E-state index in [1.807, 2.05) is 0 Å². The van der Waals surface area contributed by atoms with Crippen molar-refractivity contribution in [1.29, 1.82) is 0 Å². The monoisotopic (exact) mass is 173 g/mol. The SMILES string of the molecule is CC(C)(O)C(N)C1CCOCC1. The fraction of sp³-hybridized carbons (Fsp3) is 1.00. The van der Waals surface area contributed by atoms with Gasteiger partial charge in [-0.05, 0) is 32.6 Å². The fourth-order valence-electron chi connectivity index (χ4n) is 1.65. The van der Waals surface area contributed by atoms with Gasteiger partial charge in [0.2, 0.25) is 0 Å². The minimum Gasteiger partial charge on any atom is -0.389 e. The minimum atomic E-state index is -0.762. The van der Waals surface area contributed by atoms with Crippen LogP contribution in [-0.2, 0) is 4.74 Å². The van der Waals surface area contributed by atoms with Crippen molar-refractivity contribution in [2.75, 3.05) is 13.2 Å². The average Bonchev–Trinajstić information content (AvgIpc) is 2.03. The van der Waals surface area contributed by atoms with Crippen LogP contribution in [0.2, 0.25) is 0 Å². The first-order valence-corrected chi connectivity index (χ1v) is 4.57. The molecule has 0 spiro atoms. The van der Waals surface area contributed by atoms with Gasteiger partial charge in [-0.15, -0.1) is 0 Å². The largest absolute Gasteiger partial charge is 0.389 e. The number of hydrogen-bond donors (Lipinski definition) is 2. The predicted octanol–water partition coefficient (Wildman–Crippen LogP) is 0.511. The van der Waals surface area contributed by atoms with Crippen molar-refractivity contribution in [3.8, 4) is 0 Å². The van der Waals surface area contributed by atoms with E-state index in [2.05, 4.69) is 0 Å². The lowest BCUT2D eigenvalue weighted by molar-refractivity contribution is -0.00712. The maximum Gasteiger partial charge on any atom is 0.0744 e. The van der Waals surface area contributed by atoms with Crippen LogP contribution >= 0.6 is 0 Å². The van der Waals surface area contributed by atoms with Gasteiger partial charge >= 0.3 is 0 Å². The van der Waals surface area contributed by atoms with E-state index in [-0.39, 0.29) is 6.04 Å². The molecule has 0 aromatic heterocycles. The van der Waals surface area contributed by atoms with E-state index in [1.165, 1.54) is 0 Å². The summed E-state index contributed by atoms with van der Waals surface area (Å²) in [7, 11) is 0. The van der Waals surface area contributed by atoms with Gasteiger partial charge in [0.1, 0.15) is 0 Å². The van der Waals surface area contributed by atoms with Gasteiger partial charge in [0.15, 0.2) is 0 Å². The molecule has 1 unspecified atom stereocenters. The molecule has 0 radical (unpaired) electrons. The van der Waals surface area contributed by atoms with Gasteiger partial charge in [-0.2, -0.15) is 0 Å². The van der Waals surface area contributed by atoms with Crippen LogP contribution in [0.15, 0.2) is 0 Å². The van der Waals surface area contributed by atoms with Crippen LogP contribution in [0, 0.1) is 5.92 Å². The first kappa shape index (κ1) is 9.96. The first-order valence-electron chi connectivity index (χ1n) is 4.57. The lowest BCUT2D eigenvalue weighted by atomic mass is 9.83. The molecule has 3 heteroatoms. The van der Waals surface area contributed by atoms with Crippen LogP contribution in [0.25, 0.3) is 0 Å². The van der Waals surface area contributed by atoms with Gasteiger partial charge < -0.3 is 15.6 Å². The molecule has 1 atom stereocenters. The lowest BCUT2D eigenvalue weighted by Crippen LogP contribution is -2.49. The maximum absolute atomic E-state index is 9.67. The Morgan fingerprint density at radius 1 is 1.42 bits per heavy atom. The van der Waals surface area contributed by atoms with Gasteiger partial charge in [-0.1, -0.05) is 0 Å². The highest BCUT2D eigenvalue weighted by molar-refractivity contribution is 4.87. The fourth-order valence-corrected chi connectivity index (χ4v) is 1.65. The number of rotatable bonds is 2. The first-order chi connectivity index (χ1) is 5.52. The van der Waals surface area contributed by atoms with E-state index in [1.54, 1.807) is 13.8 Å². The summed E-state index contributed by atoms with van der Waals surface area (Å²) in [6.45, 7) is 5.11. The molecule has 72 valence electrons. The zero-order chi connectivity index (χ0) is 9.19. The Balaban J connectivity index is 2.45. The highest BCUT2D eigenvalue weighted by Crippen LogP contribution is 2.23. The van der Waals surface area contributed by atoms with Crippen molar-refractivity contribution in [2.45, 2.75) is 38.3 Å². The smallest absolute Gasteiger partial charge is 0.0744 e. The molecule has 1 heterocycles.